The molecule has 0 saturated carbocycles. The molecule has 8 nitrogen and oxygen atoms in total. The molecular formula is C25H25FN6O2S. The van der Waals surface area contributed by atoms with Crippen LogP contribution in [-0.4, -0.2) is 60.1 Å². The first kappa shape index (κ1) is 23.0. The molecule has 2 aromatic heterocycles. The van der Waals surface area contributed by atoms with Crippen molar-refractivity contribution in [2.24, 2.45) is 0 Å². The van der Waals surface area contributed by atoms with Crippen LogP contribution in [0.25, 0.3) is 10.2 Å². The van der Waals surface area contributed by atoms with Crippen LogP contribution in [0.1, 0.15) is 25.6 Å². The van der Waals surface area contributed by atoms with Gasteiger partial charge in [0.25, 0.3) is 11.8 Å². The minimum absolute atomic E-state index is 0.249. The van der Waals surface area contributed by atoms with Crippen LogP contribution in [0.15, 0.2) is 54.6 Å². The van der Waals surface area contributed by atoms with E-state index in [0.717, 1.165) is 37.4 Å². The second-order valence-corrected chi connectivity index (χ2v) is 9.58. The number of aromatic amines is 1. The molecule has 35 heavy (non-hydrogen) atoms. The van der Waals surface area contributed by atoms with Gasteiger partial charge in [0.05, 0.1) is 15.1 Å². The Labute approximate surface area is 205 Å². The summed E-state index contributed by atoms with van der Waals surface area (Å²) < 4.78 is 13.7. The zero-order valence-electron chi connectivity index (χ0n) is 19.2. The Bertz CT molecular complexity index is 1340. The Morgan fingerprint density at radius 2 is 1.74 bits per heavy atom. The van der Waals surface area contributed by atoms with Crippen LogP contribution in [0.2, 0.25) is 0 Å². The zero-order chi connectivity index (χ0) is 24.4. The number of aromatic nitrogens is 2. The first-order valence-corrected chi connectivity index (χ1v) is 12.1. The summed E-state index contributed by atoms with van der Waals surface area (Å²) in [5.74, 6) is -0.448. The van der Waals surface area contributed by atoms with Crippen LogP contribution in [0.3, 0.4) is 0 Å². The number of hydrogen-bond donors (Lipinski definition) is 3. The molecule has 0 bridgehead atoms. The average Bonchev–Trinajstić information content (AvgIpc) is 3.46. The Hall–Kier alpha value is -3.76. The molecule has 1 fully saturated rings. The van der Waals surface area contributed by atoms with Crippen LogP contribution in [0.5, 0.6) is 0 Å². The van der Waals surface area contributed by atoms with Crippen LogP contribution in [0, 0.1) is 5.82 Å². The van der Waals surface area contributed by atoms with Gasteiger partial charge >= 0.3 is 0 Å². The Balaban J connectivity index is 1.23. The third-order valence-corrected chi connectivity index (χ3v) is 7.20. The SMILES string of the molecule is CN1CCN(c2ccc(C(=O)Nc3n[nH]c4cc(C(=O)NCc5ccc(F)cc5)sc34)cc2)CC1. The normalized spacial score (nSPS) is 14.3. The van der Waals surface area contributed by atoms with E-state index in [0.29, 0.717) is 26.5 Å². The average molecular weight is 493 g/mol. The van der Waals surface area contributed by atoms with Crippen molar-refractivity contribution in [1.29, 1.82) is 0 Å². The lowest BCUT2D eigenvalue weighted by Crippen LogP contribution is -2.44. The van der Waals surface area contributed by atoms with Gasteiger partial charge in [-0.25, -0.2) is 4.39 Å². The van der Waals surface area contributed by atoms with E-state index in [2.05, 4.69) is 37.7 Å². The van der Waals surface area contributed by atoms with Crippen molar-refractivity contribution in [3.8, 4) is 0 Å². The maximum absolute atomic E-state index is 13.0. The number of piperazine rings is 1. The van der Waals surface area contributed by atoms with Gasteiger partial charge in [-0.1, -0.05) is 12.1 Å². The van der Waals surface area contributed by atoms with E-state index < -0.39 is 0 Å². The maximum Gasteiger partial charge on any atom is 0.261 e. The molecule has 4 aromatic rings. The van der Waals surface area contributed by atoms with Crippen molar-refractivity contribution in [3.63, 3.8) is 0 Å². The highest BCUT2D eigenvalue weighted by molar-refractivity contribution is 7.21. The molecule has 5 rings (SSSR count). The zero-order valence-corrected chi connectivity index (χ0v) is 20.0. The van der Waals surface area contributed by atoms with Crippen molar-refractivity contribution in [1.82, 2.24) is 20.4 Å². The highest BCUT2D eigenvalue weighted by atomic mass is 32.1. The van der Waals surface area contributed by atoms with E-state index in [4.69, 9.17) is 0 Å². The quantitative estimate of drug-likeness (QED) is 0.382. The van der Waals surface area contributed by atoms with Gasteiger partial charge in [0.2, 0.25) is 0 Å². The number of thiophene rings is 1. The number of rotatable bonds is 6. The number of anilines is 2. The Morgan fingerprint density at radius 3 is 2.46 bits per heavy atom. The number of benzene rings is 2. The standard InChI is InChI=1S/C25H25FN6O2S/c1-31-10-12-32(13-11-31)19-8-4-17(5-9-19)24(33)28-23-22-20(29-30-23)14-21(35-22)25(34)27-15-16-2-6-18(26)7-3-16/h2-9,14H,10-13,15H2,1H3,(H,27,34)(H2,28,29,30,33). The van der Waals surface area contributed by atoms with Crippen LogP contribution < -0.4 is 15.5 Å². The van der Waals surface area contributed by atoms with E-state index in [1.165, 1.54) is 23.5 Å². The molecule has 1 aliphatic rings. The first-order chi connectivity index (χ1) is 17.0. The number of halogens is 1. The van der Waals surface area contributed by atoms with Gasteiger partial charge in [-0.3, -0.25) is 14.7 Å². The van der Waals surface area contributed by atoms with E-state index in [-0.39, 0.29) is 24.2 Å². The largest absolute Gasteiger partial charge is 0.369 e. The van der Waals surface area contributed by atoms with Crippen LogP contribution >= 0.6 is 11.3 Å². The summed E-state index contributed by atoms with van der Waals surface area (Å²) in [5.41, 5.74) is 3.11. The van der Waals surface area contributed by atoms with Gasteiger partial charge in [0.1, 0.15) is 5.82 Å². The number of nitrogens with one attached hydrogen (secondary N) is 3. The lowest BCUT2D eigenvalue weighted by molar-refractivity contribution is 0.0954. The van der Waals surface area contributed by atoms with Crippen molar-refractivity contribution < 1.29 is 14.0 Å². The molecular weight excluding hydrogens is 467 g/mol. The summed E-state index contributed by atoms with van der Waals surface area (Å²) in [7, 11) is 2.12. The lowest BCUT2D eigenvalue weighted by Gasteiger charge is -2.34. The lowest BCUT2D eigenvalue weighted by atomic mass is 10.1. The summed E-state index contributed by atoms with van der Waals surface area (Å²) in [6.45, 7) is 4.25. The van der Waals surface area contributed by atoms with Crippen molar-refractivity contribution in [2.75, 3.05) is 43.4 Å². The van der Waals surface area contributed by atoms with Gasteiger partial charge in [-0.05, 0) is 55.1 Å². The molecule has 0 radical (unpaired) electrons. The van der Waals surface area contributed by atoms with E-state index in [9.17, 15) is 14.0 Å². The summed E-state index contributed by atoms with van der Waals surface area (Å²) in [6, 6.07) is 15.2. The van der Waals surface area contributed by atoms with E-state index in [1.54, 1.807) is 18.2 Å². The number of fused-ring (bicyclic) bond motifs is 1. The van der Waals surface area contributed by atoms with Crippen LogP contribution in [0.4, 0.5) is 15.9 Å². The maximum atomic E-state index is 13.0. The molecule has 180 valence electrons. The van der Waals surface area contributed by atoms with Crippen molar-refractivity contribution >= 4 is 44.9 Å². The molecule has 0 aliphatic carbocycles. The Kier molecular flexibility index (Phi) is 6.47. The highest BCUT2D eigenvalue weighted by Gasteiger charge is 2.18. The van der Waals surface area contributed by atoms with Gasteiger partial charge in [-0.2, -0.15) is 5.10 Å². The molecule has 1 aliphatic heterocycles. The number of hydrogen-bond acceptors (Lipinski definition) is 6. The van der Waals surface area contributed by atoms with Gasteiger partial charge in [0.15, 0.2) is 5.82 Å². The van der Waals surface area contributed by atoms with Gasteiger partial charge in [0, 0.05) is 44.0 Å². The second-order valence-electron chi connectivity index (χ2n) is 8.53. The fraction of sp³-hybridized carbons (Fsp3) is 0.240. The van der Waals surface area contributed by atoms with Crippen molar-refractivity contribution in [2.45, 2.75) is 6.54 Å². The molecule has 2 amide bonds. The number of amides is 2. The van der Waals surface area contributed by atoms with Gasteiger partial charge in [-0.15, -0.1) is 11.3 Å². The monoisotopic (exact) mass is 492 g/mol. The number of carbonyl (C=O) groups excluding carboxylic acids is 2. The summed E-state index contributed by atoms with van der Waals surface area (Å²) in [6.07, 6.45) is 0. The molecule has 0 atom stereocenters. The van der Waals surface area contributed by atoms with Crippen LogP contribution in [-0.2, 0) is 6.54 Å². The third-order valence-electron chi connectivity index (χ3n) is 6.06. The second kappa shape index (κ2) is 9.85. The molecule has 0 unspecified atom stereocenters. The molecule has 3 N–H and O–H groups in total. The van der Waals surface area contributed by atoms with E-state index in [1.807, 2.05) is 24.3 Å². The number of nitrogens with zero attached hydrogens (tertiary/aromatic N) is 3. The number of H-pyrrole nitrogens is 1. The number of carbonyl (C=O) groups is 2. The fourth-order valence-electron chi connectivity index (χ4n) is 3.95. The minimum atomic E-state index is -0.319. The van der Waals surface area contributed by atoms with Gasteiger partial charge < -0.3 is 20.4 Å². The van der Waals surface area contributed by atoms with E-state index >= 15 is 0 Å². The molecule has 10 heteroatoms. The predicted octanol–water partition coefficient (Wildman–Crippen LogP) is 3.70. The fourth-order valence-corrected chi connectivity index (χ4v) is 4.92. The first-order valence-electron chi connectivity index (χ1n) is 11.3. The predicted molar refractivity (Wildman–Crippen MR) is 136 cm³/mol. The Morgan fingerprint density at radius 1 is 1.03 bits per heavy atom. The number of likely N-dealkylation sites (N-methyl/N-ethyl adjacent to an activating group) is 1. The summed E-state index contributed by atoms with van der Waals surface area (Å²) in [5, 5.41) is 12.7. The smallest absolute Gasteiger partial charge is 0.261 e. The highest BCUT2D eigenvalue weighted by Crippen LogP contribution is 2.30. The molecule has 0 spiro atoms. The van der Waals surface area contributed by atoms with Crippen molar-refractivity contribution in [3.05, 3.63) is 76.4 Å². The summed E-state index contributed by atoms with van der Waals surface area (Å²) >= 11 is 1.24. The minimum Gasteiger partial charge on any atom is -0.369 e. The summed E-state index contributed by atoms with van der Waals surface area (Å²) in [4.78, 5) is 30.5. The third kappa shape index (κ3) is 5.18. The molecule has 1 saturated heterocycles. The topological polar surface area (TPSA) is 93.4 Å². The molecule has 3 heterocycles. The molecule has 2 aromatic carbocycles.